The number of hydrogen-bond acceptors (Lipinski definition) is 4. The zero-order chi connectivity index (χ0) is 16.7. The van der Waals surface area contributed by atoms with E-state index < -0.39 is 22.8 Å². The molecule has 0 bridgehead atoms. The van der Waals surface area contributed by atoms with Crippen molar-refractivity contribution in [3.8, 4) is 5.75 Å². The Hall–Kier alpha value is -3.06. The van der Waals surface area contributed by atoms with Crippen LogP contribution in [0.1, 0.15) is 29.2 Å². The molecule has 1 N–H and O–H groups in total. The number of rotatable bonds is 4. The maximum Gasteiger partial charge on any atom is 0.341 e. The van der Waals surface area contributed by atoms with Crippen molar-refractivity contribution in [1.82, 2.24) is 4.57 Å². The molecule has 8 nitrogen and oxygen atoms in total. The van der Waals surface area contributed by atoms with Crippen molar-refractivity contribution in [1.29, 1.82) is 0 Å². The van der Waals surface area contributed by atoms with Crippen LogP contribution in [0.2, 0.25) is 0 Å². The van der Waals surface area contributed by atoms with Gasteiger partial charge < -0.3 is 14.4 Å². The quantitative estimate of drug-likeness (QED) is 0.529. The number of methoxy groups -OCH3 is 1. The molecule has 3 rings (SSSR count). The molecular weight excluding hydrogens is 307 g/mol. The second-order valence-corrected chi connectivity index (χ2v) is 5.14. The second kappa shape index (κ2) is 5.29. The lowest BCUT2D eigenvalue weighted by molar-refractivity contribution is 0.0695. The number of aromatic nitrogens is 1. The number of carboxylic acids is 1. The molecule has 0 atom stereocenters. The summed E-state index contributed by atoms with van der Waals surface area (Å²) in [4.78, 5) is 26.2. The summed E-state index contributed by atoms with van der Waals surface area (Å²) >= 11 is 0. The SMILES string of the molecule is COc1c(N=[N+]=[N-])c(F)cc2c(=O)c(C(=O)O)cn(C3CC3)c12. The number of nitrogens with zero attached hydrogens (tertiary/aromatic N) is 4. The van der Waals surface area contributed by atoms with Gasteiger partial charge in [0.1, 0.15) is 17.1 Å². The van der Waals surface area contributed by atoms with Crippen molar-refractivity contribution < 1.29 is 19.0 Å². The lowest BCUT2D eigenvalue weighted by Gasteiger charge is -2.16. The maximum atomic E-state index is 14.2. The standard InChI is InChI=1S/C14H11FN4O4/c1-23-13-10(17-18-16)9(15)4-7-11(13)19(6-2-3-6)5-8(12(7)20)14(21)22/h4-6H,2-3H2,1H3,(H,21,22). The molecule has 0 spiro atoms. The van der Waals surface area contributed by atoms with E-state index >= 15 is 0 Å². The molecule has 1 saturated carbocycles. The second-order valence-electron chi connectivity index (χ2n) is 5.14. The van der Waals surface area contributed by atoms with Gasteiger partial charge in [-0.25, -0.2) is 9.18 Å². The summed E-state index contributed by atoms with van der Waals surface area (Å²) in [6, 6.07) is 0.879. The molecule has 1 heterocycles. The van der Waals surface area contributed by atoms with Crippen molar-refractivity contribution in [3.63, 3.8) is 0 Å². The first kappa shape index (κ1) is 14.9. The lowest BCUT2D eigenvalue weighted by Crippen LogP contribution is -2.19. The summed E-state index contributed by atoms with van der Waals surface area (Å²) in [7, 11) is 1.26. The van der Waals surface area contributed by atoms with Crippen molar-refractivity contribution >= 4 is 22.6 Å². The third kappa shape index (κ3) is 2.27. The number of pyridine rings is 1. The molecule has 0 aliphatic heterocycles. The number of halogens is 1. The van der Waals surface area contributed by atoms with Gasteiger partial charge in [-0.05, 0) is 24.4 Å². The fourth-order valence-corrected chi connectivity index (χ4v) is 2.57. The average Bonchev–Trinajstić information content (AvgIpc) is 3.33. The smallest absolute Gasteiger partial charge is 0.341 e. The first-order valence-electron chi connectivity index (χ1n) is 6.73. The predicted molar refractivity (Wildman–Crippen MR) is 78.8 cm³/mol. The van der Waals surface area contributed by atoms with E-state index in [0.717, 1.165) is 18.9 Å². The monoisotopic (exact) mass is 318 g/mol. The van der Waals surface area contributed by atoms with E-state index in [0.29, 0.717) is 0 Å². The van der Waals surface area contributed by atoms with Crippen LogP contribution >= 0.6 is 0 Å². The summed E-state index contributed by atoms with van der Waals surface area (Å²) in [6.07, 6.45) is 2.83. The number of azide groups is 1. The Morgan fingerprint density at radius 3 is 2.78 bits per heavy atom. The van der Waals surface area contributed by atoms with Gasteiger partial charge in [-0.1, -0.05) is 5.11 Å². The molecule has 1 fully saturated rings. The number of carboxylic acid groups (broad SMARTS) is 1. The Morgan fingerprint density at radius 1 is 1.57 bits per heavy atom. The summed E-state index contributed by atoms with van der Waals surface area (Å²) in [6.45, 7) is 0. The molecule has 0 saturated heterocycles. The Labute approximate surface area is 128 Å². The minimum absolute atomic E-state index is 0.00511. The number of aromatic carboxylic acids is 1. The molecule has 118 valence electrons. The molecular formula is C14H11FN4O4. The van der Waals surface area contributed by atoms with Crippen molar-refractivity contribution in [3.05, 3.63) is 44.3 Å². The van der Waals surface area contributed by atoms with Crippen molar-refractivity contribution in [2.24, 2.45) is 5.11 Å². The summed E-state index contributed by atoms with van der Waals surface area (Å²) in [5.41, 5.74) is 7.20. The molecule has 1 aromatic heterocycles. The van der Waals surface area contributed by atoms with E-state index in [9.17, 15) is 19.1 Å². The van der Waals surface area contributed by atoms with Gasteiger partial charge in [0, 0.05) is 17.2 Å². The maximum absolute atomic E-state index is 14.2. The van der Waals surface area contributed by atoms with Crippen LogP contribution < -0.4 is 10.2 Å². The van der Waals surface area contributed by atoms with Gasteiger partial charge in [0.05, 0.1) is 18.0 Å². The Kier molecular flexibility index (Phi) is 3.42. The van der Waals surface area contributed by atoms with Gasteiger partial charge in [0.25, 0.3) is 0 Å². The van der Waals surface area contributed by atoms with Gasteiger partial charge in [-0.3, -0.25) is 4.79 Å². The van der Waals surface area contributed by atoms with Crippen LogP contribution in [0.5, 0.6) is 5.75 Å². The van der Waals surface area contributed by atoms with E-state index in [1.165, 1.54) is 13.3 Å². The molecule has 0 unspecified atom stereocenters. The molecule has 1 aromatic carbocycles. The largest absolute Gasteiger partial charge is 0.494 e. The topological polar surface area (TPSA) is 117 Å². The molecule has 0 radical (unpaired) electrons. The van der Waals surface area contributed by atoms with Gasteiger partial charge in [0.2, 0.25) is 5.43 Å². The Morgan fingerprint density at radius 2 is 2.26 bits per heavy atom. The minimum atomic E-state index is -1.38. The van der Waals surface area contributed by atoms with Crippen molar-refractivity contribution in [2.45, 2.75) is 18.9 Å². The lowest BCUT2D eigenvalue weighted by atomic mass is 10.1. The molecule has 0 amide bonds. The zero-order valence-corrected chi connectivity index (χ0v) is 12.0. The Bertz CT molecular complexity index is 942. The van der Waals surface area contributed by atoms with Crippen LogP contribution in [0.15, 0.2) is 22.2 Å². The fraction of sp³-hybridized carbons (Fsp3) is 0.286. The van der Waals surface area contributed by atoms with Gasteiger partial charge in [0.15, 0.2) is 5.75 Å². The molecule has 1 aliphatic rings. The summed E-state index contributed by atoms with van der Waals surface area (Å²) in [5, 5.41) is 12.3. The van der Waals surface area contributed by atoms with E-state index in [1.807, 2.05) is 0 Å². The molecule has 23 heavy (non-hydrogen) atoms. The first-order chi connectivity index (χ1) is 11.0. The van der Waals surface area contributed by atoms with E-state index in [2.05, 4.69) is 10.0 Å². The van der Waals surface area contributed by atoms with Gasteiger partial charge in [-0.15, -0.1) is 0 Å². The Balaban J connectivity index is 2.54. The molecule has 9 heteroatoms. The van der Waals surface area contributed by atoms with E-state index in [-0.39, 0.29) is 28.4 Å². The van der Waals surface area contributed by atoms with Crippen LogP contribution in [0.3, 0.4) is 0 Å². The number of ether oxygens (including phenoxy) is 1. The summed E-state index contributed by atoms with van der Waals surface area (Å²) in [5.74, 6) is -2.42. The van der Waals surface area contributed by atoms with Crippen LogP contribution in [0.4, 0.5) is 10.1 Å². The number of carbonyl (C=O) groups is 1. The minimum Gasteiger partial charge on any atom is -0.494 e. The zero-order valence-electron chi connectivity index (χ0n) is 12.0. The van der Waals surface area contributed by atoms with E-state index in [1.54, 1.807) is 4.57 Å². The van der Waals surface area contributed by atoms with Crippen LogP contribution in [0, 0.1) is 5.82 Å². The summed E-state index contributed by atoms with van der Waals surface area (Å²) < 4.78 is 20.9. The third-order valence-electron chi connectivity index (χ3n) is 3.72. The van der Waals surface area contributed by atoms with Crippen LogP contribution in [0.25, 0.3) is 21.3 Å². The van der Waals surface area contributed by atoms with Crippen LogP contribution in [-0.2, 0) is 0 Å². The highest BCUT2D eigenvalue weighted by atomic mass is 19.1. The molecule has 1 aliphatic carbocycles. The average molecular weight is 318 g/mol. The number of hydrogen-bond donors (Lipinski definition) is 1. The highest BCUT2D eigenvalue weighted by molar-refractivity contribution is 5.96. The highest BCUT2D eigenvalue weighted by Crippen LogP contribution is 2.43. The predicted octanol–water partition coefficient (Wildman–Crippen LogP) is 3.12. The number of benzene rings is 1. The van der Waals surface area contributed by atoms with Crippen LogP contribution in [-0.4, -0.2) is 22.8 Å². The van der Waals surface area contributed by atoms with Crippen molar-refractivity contribution in [2.75, 3.05) is 7.11 Å². The normalized spacial score (nSPS) is 13.7. The number of fused-ring (bicyclic) bond motifs is 1. The van der Waals surface area contributed by atoms with Gasteiger partial charge >= 0.3 is 5.97 Å². The fourth-order valence-electron chi connectivity index (χ4n) is 2.57. The first-order valence-corrected chi connectivity index (χ1v) is 6.73. The third-order valence-corrected chi connectivity index (χ3v) is 3.72. The van der Waals surface area contributed by atoms with Gasteiger partial charge in [-0.2, -0.15) is 0 Å². The highest BCUT2D eigenvalue weighted by Gasteiger charge is 2.29. The van der Waals surface area contributed by atoms with E-state index in [4.69, 9.17) is 10.3 Å². The molecule has 2 aromatic rings.